The van der Waals surface area contributed by atoms with Gasteiger partial charge in [0.05, 0.1) is 12.2 Å². The molecule has 1 fully saturated rings. The average molecular weight is 264 g/mol. The molecule has 0 saturated carbocycles. The number of aliphatic carboxylic acids is 1. The highest BCUT2D eigenvalue weighted by Gasteiger charge is 2.26. The largest absolute Gasteiger partial charge is 0.481 e. The van der Waals surface area contributed by atoms with Crippen molar-refractivity contribution in [2.75, 3.05) is 19.3 Å². The van der Waals surface area contributed by atoms with Crippen molar-refractivity contribution in [2.45, 2.75) is 38.3 Å². The van der Waals surface area contributed by atoms with E-state index in [0.717, 1.165) is 19.4 Å². The third kappa shape index (κ3) is 5.01. The molecule has 1 aliphatic rings. The topological polar surface area (TPSA) is 86.7 Å². The van der Waals surface area contributed by atoms with Crippen LogP contribution < -0.4 is 4.72 Å². The Balaban J connectivity index is 2.45. The molecule has 17 heavy (non-hydrogen) atoms. The molecule has 2 unspecified atom stereocenters. The van der Waals surface area contributed by atoms with Crippen LogP contribution in [0.15, 0.2) is 0 Å². The summed E-state index contributed by atoms with van der Waals surface area (Å²) >= 11 is 0. The van der Waals surface area contributed by atoms with E-state index in [4.69, 9.17) is 5.11 Å². The molecule has 100 valence electrons. The molecule has 1 rings (SSSR count). The van der Waals surface area contributed by atoms with Gasteiger partial charge in [0.25, 0.3) is 0 Å². The van der Waals surface area contributed by atoms with E-state index < -0.39 is 16.0 Å². The van der Waals surface area contributed by atoms with Gasteiger partial charge in [-0.25, -0.2) is 13.1 Å². The zero-order chi connectivity index (χ0) is 13.1. The van der Waals surface area contributed by atoms with Crippen molar-refractivity contribution in [1.82, 2.24) is 9.62 Å². The maximum atomic E-state index is 11.6. The normalized spacial score (nSPS) is 26.9. The summed E-state index contributed by atoms with van der Waals surface area (Å²) in [6, 6.07) is 0.274. The molecular weight excluding hydrogens is 244 g/mol. The number of carbonyl (C=O) groups is 1. The van der Waals surface area contributed by atoms with Crippen LogP contribution in [-0.4, -0.2) is 55.8 Å². The quantitative estimate of drug-likeness (QED) is 0.722. The lowest BCUT2D eigenvalue weighted by Gasteiger charge is -2.35. The molecule has 1 aliphatic heterocycles. The summed E-state index contributed by atoms with van der Waals surface area (Å²) in [5, 5.41) is 8.46. The summed E-state index contributed by atoms with van der Waals surface area (Å²) in [4.78, 5) is 12.5. The van der Waals surface area contributed by atoms with Gasteiger partial charge in [-0.3, -0.25) is 4.79 Å². The third-order valence-electron chi connectivity index (χ3n) is 3.14. The highest BCUT2D eigenvalue weighted by Crippen LogP contribution is 2.16. The van der Waals surface area contributed by atoms with Crippen molar-refractivity contribution in [2.24, 2.45) is 0 Å². The highest BCUT2D eigenvalue weighted by molar-refractivity contribution is 7.89. The van der Waals surface area contributed by atoms with E-state index >= 15 is 0 Å². The zero-order valence-corrected chi connectivity index (χ0v) is 11.0. The summed E-state index contributed by atoms with van der Waals surface area (Å²) in [7, 11) is -1.45. The second kappa shape index (κ2) is 5.79. The molecule has 0 aromatic carbocycles. The predicted molar refractivity (Wildman–Crippen MR) is 64.3 cm³/mol. The first kappa shape index (κ1) is 14.4. The van der Waals surface area contributed by atoms with Gasteiger partial charge in [-0.1, -0.05) is 0 Å². The fourth-order valence-corrected chi connectivity index (χ4v) is 3.21. The van der Waals surface area contributed by atoms with E-state index in [1.165, 1.54) is 0 Å². The van der Waals surface area contributed by atoms with E-state index in [2.05, 4.69) is 16.5 Å². The van der Waals surface area contributed by atoms with Gasteiger partial charge in [-0.2, -0.15) is 0 Å². The number of hydrogen-bond donors (Lipinski definition) is 2. The fraction of sp³-hybridized carbons (Fsp3) is 0.900. The van der Waals surface area contributed by atoms with Crippen LogP contribution in [-0.2, 0) is 14.8 Å². The van der Waals surface area contributed by atoms with Crippen LogP contribution in [0.3, 0.4) is 0 Å². The number of carboxylic acid groups (broad SMARTS) is 1. The Bertz CT molecular complexity index is 369. The second-order valence-corrected chi connectivity index (χ2v) is 6.50. The van der Waals surface area contributed by atoms with Gasteiger partial charge in [-0.05, 0) is 33.4 Å². The minimum absolute atomic E-state index is 0.0694. The summed E-state index contributed by atoms with van der Waals surface area (Å²) in [5.74, 6) is -1.43. The number of piperidine rings is 1. The van der Waals surface area contributed by atoms with Crippen molar-refractivity contribution in [3.8, 4) is 0 Å². The predicted octanol–water partition coefficient (Wildman–Crippen LogP) is -0.137. The molecule has 1 heterocycles. The van der Waals surface area contributed by atoms with Crippen LogP contribution in [0.25, 0.3) is 0 Å². The second-order valence-electron chi connectivity index (χ2n) is 4.63. The van der Waals surface area contributed by atoms with Crippen LogP contribution in [0.5, 0.6) is 0 Å². The smallest absolute Gasteiger partial charge is 0.304 e. The molecule has 2 atom stereocenters. The van der Waals surface area contributed by atoms with Crippen LogP contribution >= 0.6 is 0 Å². The van der Waals surface area contributed by atoms with Crippen molar-refractivity contribution in [3.63, 3.8) is 0 Å². The van der Waals surface area contributed by atoms with Crippen molar-refractivity contribution in [1.29, 1.82) is 0 Å². The summed E-state index contributed by atoms with van der Waals surface area (Å²) < 4.78 is 25.8. The summed E-state index contributed by atoms with van der Waals surface area (Å²) in [6.45, 7) is 2.91. The number of hydrogen-bond acceptors (Lipinski definition) is 4. The molecule has 0 bridgehead atoms. The van der Waals surface area contributed by atoms with Gasteiger partial charge >= 0.3 is 5.97 Å². The Labute approximate surface area is 102 Å². The number of sulfonamides is 1. The SMILES string of the molecule is CC1CC(NS(=O)(=O)CCC(=O)O)CCN1C. The first-order chi connectivity index (χ1) is 7.80. The number of rotatable bonds is 5. The van der Waals surface area contributed by atoms with E-state index in [1.807, 2.05) is 7.05 Å². The van der Waals surface area contributed by atoms with E-state index in [1.54, 1.807) is 0 Å². The molecule has 0 aromatic rings. The number of likely N-dealkylation sites (tertiary alicyclic amines) is 1. The average Bonchev–Trinajstić information content (AvgIpc) is 2.21. The first-order valence-electron chi connectivity index (χ1n) is 5.72. The van der Waals surface area contributed by atoms with E-state index in [9.17, 15) is 13.2 Å². The molecule has 0 radical (unpaired) electrons. The van der Waals surface area contributed by atoms with Crippen LogP contribution in [0.1, 0.15) is 26.2 Å². The van der Waals surface area contributed by atoms with Gasteiger partial charge in [0, 0.05) is 12.1 Å². The molecule has 0 aromatic heterocycles. The summed E-state index contributed by atoms with van der Waals surface area (Å²) in [6.07, 6.45) is 1.19. The third-order valence-corrected chi connectivity index (χ3v) is 4.57. The van der Waals surface area contributed by atoms with Gasteiger partial charge in [0.15, 0.2) is 0 Å². The maximum absolute atomic E-state index is 11.6. The maximum Gasteiger partial charge on any atom is 0.304 e. The molecule has 0 amide bonds. The number of nitrogens with one attached hydrogen (secondary N) is 1. The molecule has 1 saturated heterocycles. The standard InChI is InChI=1S/C10H20N2O4S/c1-8-7-9(3-5-12(8)2)11-17(15,16)6-4-10(13)14/h8-9,11H,3-7H2,1-2H3,(H,13,14). The molecule has 2 N–H and O–H groups in total. The Hall–Kier alpha value is -0.660. The summed E-state index contributed by atoms with van der Waals surface area (Å²) in [5.41, 5.74) is 0. The van der Waals surface area contributed by atoms with Gasteiger partial charge < -0.3 is 10.0 Å². The zero-order valence-electron chi connectivity index (χ0n) is 10.2. The Morgan fingerprint density at radius 1 is 1.53 bits per heavy atom. The Morgan fingerprint density at radius 2 is 2.18 bits per heavy atom. The molecule has 6 nitrogen and oxygen atoms in total. The van der Waals surface area contributed by atoms with Gasteiger partial charge in [0.1, 0.15) is 0 Å². The molecule has 0 aliphatic carbocycles. The molecule has 7 heteroatoms. The minimum Gasteiger partial charge on any atom is -0.481 e. The van der Waals surface area contributed by atoms with E-state index in [-0.39, 0.29) is 18.2 Å². The van der Waals surface area contributed by atoms with E-state index in [0.29, 0.717) is 6.04 Å². The monoisotopic (exact) mass is 264 g/mol. The highest BCUT2D eigenvalue weighted by atomic mass is 32.2. The lowest BCUT2D eigenvalue weighted by Crippen LogP contribution is -2.47. The van der Waals surface area contributed by atoms with Crippen molar-refractivity contribution >= 4 is 16.0 Å². The first-order valence-corrected chi connectivity index (χ1v) is 7.37. The van der Waals surface area contributed by atoms with Crippen molar-refractivity contribution < 1.29 is 18.3 Å². The van der Waals surface area contributed by atoms with Gasteiger partial charge in [0.2, 0.25) is 10.0 Å². The lowest BCUT2D eigenvalue weighted by atomic mass is 10.0. The number of carboxylic acids is 1. The van der Waals surface area contributed by atoms with Crippen molar-refractivity contribution in [3.05, 3.63) is 0 Å². The van der Waals surface area contributed by atoms with Crippen LogP contribution in [0.2, 0.25) is 0 Å². The molecular formula is C10H20N2O4S. The minimum atomic E-state index is -3.47. The Kier molecular flexibility index (Phi) is 4.91. The van der Waals surface area contributed by atoms with Gasteiger partial charge in [-0.15, -0.1) is 0 Å². The van der Waals surface area contributed by atoms with Crippen LogP contribution in [0.4, 0.5) is 0 Å². The number of nitrogens with zero attached hydrogens (tertiary/aromatic N) is 1. The Morgan fingerprint density at radius 3 is 2.71 bits per heavy atom. The lowest BCUT2D eigenvalue weighted by molar-refractivity contribution is -0.136. The van der Waals surface area contributed by atoms with Crippen LogP contribution in [0, 0.1) is 0 Å². The molecule has 0 spiro atoms. The fourth-order valence-electron chi connectivity index (χ4n) is 1.93.